The Balaban J connectivity index is 2.72. The Morgan fingerprint density at radius 2 is 1.80 bits per heavy atom. The first kappa shape index (κ1) is 10.7. The number of aromatic nitrogens is 2. The number of hydrogen-bond donors (Lipinski definition) is 3. The molecule has 0 unspecified atom stereocenters. The Bertz CT molecular complexity index is 393. The van der Waals surface area contributed by atoms with Crippen molar-refractivity contribution >= 4 is 24.1 Å². The topological polar surface area (TPSA) is 103 Å². The lowest BCUT2D eigenvalue weighted by Gasteiger charge is -1.80. The van der Waals surface area contributed by atoms with Crippen LogP contribution in [0.25, 0.3) is 12.2 Å². The number of nitrogens with one attached hydrogen (secondary N) is 1. The summed E-state index contributed by atoms with van der Waals surface area (Å²) in [4.78, 5) is 20.4. The fraction of sp³-hybridized carbons (Fsp3) is 0. The first-order valence-corrected chi connectivity index (χ1v) is 3.95. The van der Waals surface area contributed by atoms with Crippen LogP contribution in [0.2, 0.25) is 0 Å². The molecule has 0 radical (unpaired) electrons. The van der Waals surface area contributed by atoms with Gasteiger partial charge in [0.15, 0.2) is 0 Å². The van der Waals surface area contributed by atoms with Crippen LogP contribution in [-0.4, -0.2) is 32.3 Å². The molecule has 0 aliphatic rings. The van der Waals surface area contributed by atoms with E-state index >= 15 is 0 Å². The maximum absolute atomic E-state index is 10.2. The van der Waals surface area contributed by atoms with Crippen LogP contribution in [0.4, 0.5) is 0 Å². The molecule has 1 aromatic heterocycles. The fourth-order valence-electron chi connectivity index (χ4n) is 0.841. The molecule has 0 bridgehead atoms. The van der Waals surface area contributed by atoms with E-state index in [1.165, 1.54) is 18.2 Å². The van der Waals surface area contributed by atoms with Crippen LogP contribution in [0.1, 0.15) is 11.4 Å². The van der Waals surface area contributed by atoms with Crippen molar-refractivity contribution < 1.29 is 19.8 Å². The molecule has 0 saturated carbocycles. The summed E-state index contributed by atoms with van der Waals surface area (Å²) < 4.78 is 0. The number of aliphatic carboxylic acids is 2. The number of H-pyrrole nitrogens is 1. The SMILES string of the molecule is O=C(O)/C=C/c1cc(/C=C/C(=O)O)[nH]n1. The van der Waals surface area contributed by atoms with Crippen LogP contribution >= 0.6 is 0 Å². The van der Waals surface area contributed by atoms with Gasteiger partial charge in [0, 0.05) is 12.2 Å². The van der Waals surface area contributed by atoms with Gasteiger partial charge in [0.1, 0.15) is 0 Å². The van der Waals surface area contributed by atoms with E-state index in [9.17, 15) is 9.59 Å². The van der Waals surface area contributed by atoms with Gasteiger partial charge in [0.25, 0.3) is 0 Å². The van der Waals surface area contributed by atoms with Gasteiger partial charge in [0.05, 0.1) is 11.4 Å². The molecule has 1 aromatic rings. The van der Waals surface area contributed by atoms with Crippen LogP contribution in [0, 0.1) is 0 Å². The number of carboxylic acids is 2. The van der Waals surface area contributed by atoms with Gasteiger partial charge in [-0.05, 0) is 18.2 Å². The van der Waals surface area contributed by atoms with E-state index in [0.717, 1.165) is 12.2 Å². The summed E-state index contributed by atoms with van der Waals surface area (Å²) in [7, 11) is 0. The largest absolute Gasteiger partial charge is 0.478 e. The Hall–Kier alpha value is -2.37. The minimum absolute atomic E-state index is 0.419. The smallest absolute Gasteiger partial charge is 0.328 e. The quantitative estimate of drug-likeness (QED) is 0.629. The predicted molar refractivity (Wildman–Crippen MR) is 51.9 cm³/mol. The van der Waals surface area contributed by atoms with E-state index in [4.69, 9.17) is 10.2 Å². The maximum Gasteiger partial charge on any atom is 0.328 e. The van der Waals surface area contributed by atoms with Gasteiger partial charge in [-0.25, -0.2) is 9.59 Å². The Morgan fingerprint density at radius 3 is 2.40 bits per heavy atom. The number of aromatic amines is 1. The molecule has 6 heteroatoms. The summed E-state index contributed by atoms with van der Waals surface area (Å²) in [6.45, 7) is 0. The summed E-state index contributed by atoms with van der Waals surface area (Å²) in [5.74, 6) is -2.13. The van der Waals surface area contributed by atoms with Crippen LogP contribution < -0.4 is 0 Å². The highest BCUT2D eigenvalue weighted by Crippen LogP contribution is 2.03. The normalized spacial score (nSPS) is 11.2. The van der Waals surface area contributed by atoms with Crippen molar-refractivity contribution in [1.82, 2.24) is 10.2 Å². The summed E-state index contributed by atoms with van der Waals surface area (Å²) in [5.41, 5.74) is 0.907. The zero-order valence-corrected chi connectivity index (χ0v) is 7.54. The third kappa shape index (κ3) is 3.90. The van der Waals surface area contributed by atoms with Crippen LogP contribution in [0.15, 0.2) is 18.2 Å². The van der Waals surface area contributed by atoms with E-state index in [1.807, 2.05) is 0 Å². The van der Waals surface area contributed by atoms with E-state index in [-0.39, 0.29) is 0 Å². The Morgan fingerprint density at radius 1 is 1.20 bits per heavy atom. The molecule has 1 heterocycles. The molecule has 0 aromatic carbocycles. The molecule has 0 aliphatic heterocycles. The summed E-state index contributed by atoms with van der Waals surface area (Å²) in [6, 6.07) is 1.53. The van der Waals surface area contributed by atoms with Crippen molar-refractivity contribution in [2.24, 2.45) is 0 Å². The molecule has 3 N–H and O–H groups in total. The monoisotopic (exact) mass is 208 g/mol. The lowest BCUT2D eigenvalue weighted by Crippen LogP contribution is -1.85. The van der Waals surface area contributed by atoms with E-state index in [2.05, 4.69) is 10.2 Å². The summed E-state index contributed by atoms with van der Waals surface area (Å²) in [6.07, 6.45) is 4.53. The van der Waals surface area contributed by atoms with Gasteiger partial charge < -0.3 is 10.2 Å². The lowest BCUT2D eigenvalue weighted by atomic mass is 10.3. The van der Waals surface area contributed by atoms with Crippen molar-refractivity contribution in [3.8, 4) is 0 Å². The second kappa shape index (κ2) is 4.75. The molecular formula is C9H8N2O4. The first-order chi connectivity index (χ1) is 7.08. The van der Waals surface area contributed by atoms with Crippen LogP contribution in [-0.2, 0) is 9.59 Å². The van der Waals surface area contributed by atoms with Crippen LogP contribution in [0.5, 0.6) is 0 Å². The fourth-order valence-corrected chi connectivity index (χ4v) is 0.841. The molecule has 0 saturated heterocycles. The number of rotatable bonds is 4. The van der Waals surface area contributed by atoms with E-state index in [0.29, 0.717) is 11.4 Å². The molecule has 1 rings (SSSR count). The molecular weight excluding hydrogens is 200 g/mol. The molecule has 0 fully saturated rings. The third-order valence-corrected chi connectivity index (χ3v) is 1.42. The van der Waals surface area contributed by atoms with E-state index in [1.54, 1.807) is 0 Å². The Labute approximate surface area is 84.6 Å². The number of hydrogen-bond acceptors (Lipinski definition) is 3. The van der Waals surface area contributed by atoms with Gasteiger partial charge in [-0.1, -0.05) is 0 Å². The second-order valence-electron chi connectivity index (χ2n) is 2.59. The second-order valence-corrected chi connectivity index (χ2v) is 2.59. The molecule has 0 atom stereocenters. The minimum atomic E-state index is -1.07. The maximum atomic E-state index is 10.2. The van der Waals surface area contributed by atoms with Crippen molar-refractivity contribution in [3.63, 3.8) is 0 Å². The van der Waals surface area contributed by atoms with Crippen LogP contribution in [0.3, 0.4) is 0 Å². The van der Waals surface area contributed by atoms with E-state index < -0.39 is 11.9 Å². The highest BCUT2D eigenvalue weighted by atomic mass is 16.4. The van der Waals surface area contributed by atoms with Gasteiger partial charge in [-0.3, -0.25) is 5.10 Å². The van der Waals surface area contributed by atoms with Crippen molar-refractivity contribution in [1.29, 1.82) is 0 Å². The average Bonchev–Trinajstić information content (AvgIpc) is 2.59. The Kier molecular flexibility index (Phi) is 3.39. The lowest BCUT2D eigenvalue weighted by molar-refractivity contribution is -0.132. The van der Waals surface area contributed by atoms with Gasteiger partial charge in [-0.2, -0.15) is 5.10 Å². The molecule has 0 spiro atoms. The average molecular weight is 208 g/mol. The van der Waals surface area contributed by atoms with Gasteiger partial charge in [-0.15, -0.1) is 0 Å². The highest BCUT2D eigenvalue weighted by Gasteiger charge is 1.96. The predicted octanol–water partition coefficient (Wildman–Crippen LogP) is 0.605. The van der Waals surface area contributed by atoms with Crippen molar-refractivity contribution in [3.05, 3.63) is 29.6 Å². The molecule has 6 nitrogen and oxygen atoms in total. The standard InChI is InChI=1S/C9H8N2O4/c12-8(13)3-1-6-5-7(11-10-6)2-4-9(14)15/h1-5H,(H,10,11)(H,12,13)(H,14,15)/b3-1+,4-2+. The minimum Gasteiger partial charge on any atom is -0.478 e. The highest BCUT2D eigenvalue weighted by molar-refractivity contribution is 5.86. The first-order valence-electron chi connectivity index (χ1n) is 3.95. The van der Waals surface area contributed by atoms with Crippen molar-refractivity contribution in [2.75, 3.05) is 0 Å². The van der Waals surface area contributed by atoms with Gasteiger partial charge in [0.2, 0.25) is 0 Å². The molecule has 78 valence electrons. The molecule has 15 heavy (non-hydrogen) atoms. The zero-order chi connectivity index (χ0) is 11.3. The third-order valence-electron chi connectivity index (χ3n) is 1.42. The van der Waals surface area contributed by atoms with Crippen molar-refractivity contribution in [2.45, 2.75) is 0 Å². The molecule has 0 amide bonds. The zero-order valence-electron chi connectivity index (χ0n) is 7.54. The molecule has 0 aliphatic carbocycles. The summed E-state index contributed by atoms with van der Waals surface area (Å²) in [5, 5.41) is 23.0. The number of carbonyl (C=O) groups is 2. The number of nitrogens with zero attached hydrogens (tertiary/aromatic N) is 1. The summed E-state index contributed by atoms with van der Waals surface area (Å²) >= 11 is 0. The van der Waals surface area contributed by atoms with Gasteiger partial charge >= 0.3 is 11.9 Å². The number of carboxylic acid groups (broad SMARTS) is 2.